The van der Waals surface area contributed by atoms with Crippen LogP contribution in [0.5, 0.6) is 0 Å². The van der Waals surface area contributed by atoms with Crippen molar-refractivity contribution in [3.8, 4) is 0 Å². The minimum atomic E-state index is -1.39. The van der Waals surface area contributed by atoms with E-state index in [0.717, 1.165) is 0 Å². The lowest BCUT2D eigenvalue weighted by molar-refractivity contribution is -0.256. The number of nitrogens with one attached hydrogen (secondary N) is 2. The van der Waals surface area contributed by atoms with E-state index in [1.807, 2.05) is 0 Å². The van der Waals surface area contributed by atoms with Crippen molar-refractivity contribution in [3.05, 3.63) is 35.0 Å². The molecule has 0 fully saturated rings. The van der Waals surface area contributed by atoms with E-state index >= 15 is 0 Å². The summed E-state index contributed by atoms with van der Waals surface area (Å²) in [6.07, 6.45) is 0.236. The van der Waals surface area contributed by atoms with Crippen molar-refractivity contribution in [3.63, 3.8) is 0 Å². The Hall–Kier alpha value is -2.83. The molecule has 7 heteroatoms. The molecule has 1 heterocycles. The smallest absolute Gasteiger partial charge is 0.216 e. The Morgan fingerprint density at radius 2 is 1.90 bits per heavy atom. The fraction of sp³-hybridized carbons (Fsp3) is 0.214. The van der Waals surface area contributed by atoms with Crippen molar-refractivity contribution < 1.29 is 24.6 Å². The second kappa shape index (κ2) is 5.66. The highest BCUT2D eigenvalue weighted by Crippen LogP contribution is 2.24. The fourth-order valence-electron chi connectivity index (χ4n) is 2.17. The number of hydrogen-bond acceptors (Lipinski definition) is 5. The molecule has 0 saturated carbocycles. The summed E-state index contributed by atoms with van der Waals surface area (Å²) in [7, 11) is 0. The van der Waals surface area contributed by atoms with Crippen molar-refractivity contribution in [1.82, 2.24) is 10.3 Å². The van der Waals surface area contributed by atoms with Crippen molar-refractivity contribution >= 4 is 28.7 Å². The molecule has 2 aromatic rings. The molecular weight excluding hydrogens is 276 g/mol. The van der Waals surface area contributed by atoms with Gasteiger partial charge in [-0.05, 0) is 29.7 Å². The SMILES string of the molecule is CC(=O)NCCc1c(C(=O)[O-])[nH]c2ccc(C(=O)[O-])cc12. The Labute approximate surface area is 119 Å². The number of aromatic amines is 1. The maximum atomic E-state index is 11.1. The van der Waals surface area contributed by atoms with Crippen LogP contribution in [0.15, 0.2) is 18.2 Å². The number of amides is 1. The number of carbonyl (C=O) groups excluding carboxylic acids is 3. The zero-order valence-electron chi connectivity index (χ0n) is 11.2. The zero-order valence-corrected chi connectivity index (χ0v) is 11.2. The second-order valence-electron chi connectivity index (χ2n) is 4.55. The second-order valence-corrected chi connectivity index (χ2v) is 4.55. The lowest BCUT2D eigenvalue weighted by atomic mass is 10.0. The summed E-state index contributed by atoms with van der Waals surface area (Å²) < 4.78 is 0. The molecule has 21 heavy (non-hydrogen) atoms. The third-order valence-corrected chi connectivity index (χ3v) is 3.09. The van der Waals surface area contributed by atoms with Crippen LogP contribution in [0.3, 0.4) is 0 Å². The Bertz CT molecular complexity index is 732. The summed E-state index contributed by atoms with van der Waals surface area (Å²) in [6, 6.07) is 4.14. The van der Waals surface area contributed by atoms with Gasteiger partial charge in [0.2, 0.25) is 5.91 Å². The number of hydrogen-bond donors (Lipinski definition) is 2. The van der Waals surface area contributed by atoms with Gasteiger partial charge in [0.05, 0.1) is 17.6 Å². The first-order valence-electron chi connectivity index (χ1n) is 6.22. The Morgan fingerprint density at radius 3 is 2.48 bits per heavy atom. The van der Waals surface area contributed by atoms with Gasteiger partial charge in [0.25, 0.3) is 0 Å². The molecule has 0 aliphatic heterocycles. The maximum absolute atomic E-state index is 11.1. The van der Waals surface area contributed by atoms with E-state index in [-0.39, 0.29) is 30.1 Å². The van der Waals surface area contributed by atoms with Gasteiger partial charge < -0.3 is 30.1 Å². The largest absolute Gasteiger partial charge is 0.545 e. The molecule has 1 aromatic heterocycles. The summed E-state index contributed by atoms with van der Waals surface area (Å²) in [6.45, 7) is 1.58. The van der Waals surface area contributed by atoms with E-state index in [0.29, 0.717) is 16.5 Å². The third kappa shape index (κ3) is 3.02. The van der Waals surface area contributed by atoms with Crippen LogP contribution in [-0.4, -0.2) is 29.4 Å². The number of benzene rings is 1. The summed E-state index contributed by atoms with van der Waals surface area (Å²) >= 11 is 0. The van der Waals surface area contributed by atoms with Gasteiger partial charge in [-0.1, -0.05) is 6.07 Å². The van der Waals surface area contributed by atoms with Crippen LogP contribution in [0, 0.1) is 0 Å². The van der Waals surface area contributed by atoms with Crippen LogP contribution in [0.1, 0.15) is 33.3 Å². The van der Waals surface area contributed by atoms with Gasteiger partial charge in [0.15, 0.2) is 0 Å². The van der Waals surface area contributed by atoms with Gasteiger partial charge in [0.1, 0.15) is 0 Å². The molecule has 1 amide bonds. The molecule has 0 unspecified atom stereocenters. The number of aromatic nitrogens is 1. The predicted octanol–water partition coefficient (Wildman–Crippen LogP) is -1.43. The van der Waals surface area contributed by atoms with Gasteiger partial charge in [-0.2, -0.15) is 0 Å². The molecule has 1 aromatic carbocycles. The number of rotatable bonds is 5. The van der Waals surface area contributed by atoms with E-state index in [2.05, 4.69) is 10.3 Å². The first-order valence-corrected chi connectivity index (χ1v) is 6.22. The van der Waals surface area contributed by atoms with Crippen LogP contribution < -0.4 is 15.5 Å². The number of H-pyrrole nitrogens is 1. The Kier molecular flexibility index (Phi) is 3.93. The summed E-state index contributed by atoms with van der Waals surface area (Å²) in [4.78, 5) is 35.6. The predicted molar refractivity (Wildman–Crippen MR) is 69.3 cm³/mol. The minimum absolute atomic E-state index is 0.0489. The van der Waals surface area contributed by atoms with Crippen molar-refractivity contribution in [1.29, 1.82) is 0 Å². The number of carbonyl (C=O) groups is 3. The van der Waals surface area contributed by atoms with Gasteiger partial charge in [-0.3, -0.25) is 4.79 Å². The topological polar surface area (TPSA) is 125 Å². The zero-order chi connectivity index (χ0) is 15.6. The molecule has 2 N–H and O–H groups in total. The first-order chi connectivity index (χ1) is 9.90. The highest BCUT2D eigenvalue weighted by Gasteiger charge is 2.13. The maximum Gasteiger partial charge on any atom is 0.216 e. The van der Waals surface area contributed by atoms with Crippen LogP contribution in [-0.2, 0) is 11.2 Å². The standard InChI is InChI=1S/C14H14N2O5/c1-7(17)15-5-4-9-10-6-8(13(18)19)2-3-11(10)16-12(9)14(20)21/h2-3,6,16H,4-5H2,1H3,(H,15,17)(H,18,19)(H,20,21)/p-2. The molecule has 0 bridgehead atoms. The lowest BCUT2D eigenvalue weighted by Crippen LogP contribution is -2.26. The first kappa shape index (κ1) is 14.6. The van der Waals surface area contributed by atoms with E-state index in [4.69, 9.17) is 0 Å². The molecule has 0 saturated heterocycles. The molecule has 0 aliphatic carbocycles. The normalized spacial score (nSPS) is 10.5. The third-order valence-electron chi connectivity index (χ3n) is 3.09. The average Bonchev–Trinajstić information content (AvgIpc) is 2.76. The quantitative estimate of drug-likeness (QED) is 0.698. The minimum Gasteiger partial charge on any atom is -0.545 e. The van der Waals surface area contributed by atoms with E-state index < -0.39 is 11.9 Å². The van der Waals surface area contributed by atoms with E-state index in [1.165, 1.54) is 25.1 Å². The molecule has 110 valence electrons. The molecule has 0 atom stereocenters. The highest BCUT2D eigenvalue weighted by atomic mass is 16.4. The summed E-state index contributed by atoms with van der Waals surface area (Å²) in [5.74, 6) is -2.97. The Balaban J connectivity index is 2.48. The summed E-state index contributed by atoms with van der Waals surface area (Å²) in [5, 5.41) is 25.1. The van der Waals surface area contributed by atoms with E-state index in [9.17, 15) is 24.6 Å². The van der Waals surface area contributed by atoms with Crippen molar-refractivity contribution in [2.24, 2.45) is 0 Å². The van der Waals surface area contributed by atoms with Crippen LogP contribution in [0.4, 0.5) is 0 Å². The molecular formula is C14H12N2O5-2. The molecule has 0 spiro atoms. The molecule has 0 aliphatic rings. The monoisotopic (exact) mass is 288 g/mol. The van der Waals surface area contributed by atoms with Crippen molar-refractivity contribution in [2.75, 3.05) is 6.54 Å². The number of carboxylic acids is 2. The number of carboxylic acid groups (broad SMARTS) is 2. The summed E-state index contributed by atoms with van der Waals surface area (Å²) in [5.41, 5.74) is 0.705. The average molecular weight is 288 g/mol. The number of fused-ring (bicyclic) bond motifs is 1. The van der Waals surface area contributed by atoms with Crippen LogP contribution >= 0.6 is 0 Å². The molecule has 2 rings (SSSR count). The lowest BCUT2D eigenvalue weighted by Gasteiger charge is -2.07. The van der Waals surface area contributed by atoms with Crippen LogP contribution in [0.2, 0.25) is 0 Å². The Morgan fingerprint density at radius 1 is 1.19 bits per heavy atom. The van der Waals surface area contributed by atoms with Gasteiger partial charge in [0, 0.05) is 24.4 Å². The number of aromatic carboxylic acids is 2. The molecule has 7 nitrogen and oxygen atoms in total. The highest BCUT2D eigenvalue weighted by molar-refractivity contribution is 5.99. The molecule has 0 radical (unpaired) electrons. The van der Waals surface area contributed by atoms with E-state index in [1.54, 1.807) is 0 Å². The van der Waals surface area contributed by atoms with Crippen LogP contribution in [0.25, 0.3) is 10.9 Å². The van der Waals surface area contributed by atoms with Gasteiger partial charge >= 0.3 is 0 Å². The fourth-order valence-corrected chi connectivity index (χ4v) is 2.17. The van der Waals surface area contributed by atoms with Gasteiger partial charge in [-0.15, -0.1) is 0 Å². The van der Waals surface area contributed by atoms with Crippen molar-refractivity contribution in [2.45, 2.75) is 13.3 Å². The van der Waals surface area contributed by atoms with Gasteiger partial charge in [-0.25, -0.2) is 0 Å².